The molecule has 0 heterocycles. The van der Waals surface area contributed by atoms with Crippen LogP contribution in [-0.2, 0) is 0 Å². The quantitative estimate of drug-likeness (QED) is 0.423. The van der Waals surface area contributed by atoms with Crippen molar-refractivity contribution in [1.29, 1.82) is 0 Å². The molecule has 0 radical (unpaired) electrons. The minimum absolute atomic E-state index is 1.24. The molecule has 0 aliphatic rings. The maximum absolute atomic E-state index is 3.37. The highest BCUT2D eigenvalue weighted by Crippen LogP contribution is 1.96. The molecule has 0 aromatic rings. The Hall–Kier alpha value is 0.177. The molecule has 0 saturated heterocycles. The summed E-state index contributed by atoms with van der Waals surface area (Å²) in [5.41, 5.74) is 0. The fraction of sp³-hybridized carbons (Fsp3) is 1.00. The summed E-state index contributed by atoms with van der Waals surface area (Å²) in [4.78, 5) is 0. The molecule has 0 amide bonds. The van der Waals surface area contributed by atoms with Gasteiger partial charge in [0.15, 0.2) is 0 Å². The van der Waals surface area contributed by atoms with Crippen molar-refractivity contribution in [3.05, 3.63) is 0 Å². The average molecular weight is 145 g/mol. The van der Waals surface area contributed by atoms with Gasteiger partial charge in [-0.25, -0.2) is 0 Å². The summed E-state index contributed by atoms with van der Waals surface area (Å²) < 4.78 is 0. The minimum Gasteiger partial charge on any atom is -0.320 e. The summed E-state index contributed by atoms with van der Waals surface area (Å²) in [6.07, 6.45) is 6.79. The highest BCUT2D eigenvalue weighted by molar-refractivity contribution is 6.08. The molecule has 0 fully saturated rings. The SMILES string of the molecule is CCCCCCNC[SiH3]. The molecule has 0 aliphatic heterocycles. The molecule has 0 saturated carbocycles. The second-order valence-electron chi connectivity index (χ2n) is 2.41. The molecule has 56 valence electrons. The number of hydrogen-bond acceptors (Lipinski definition) is 1. The van der Waals surface area contributed by atoms with Crippen LogP contribution in [0.4, 0.5) is 0 Å². The van der Waals surface area contributed by atoms with Crippen LogP contribution in [0, 0.1) is 0 Å². The van der Waals surface area contributed by atoms with E-state index in [-0.39, 0.29) is 0 Å². The van der Waals surface area contributed by atoms with Crippen LogP contribution in [0.5, 0.6) is 0 Å². The van der Waals surface area contributed by atoms with Crippen molar-refractivity contribution in [2.45, 2.75) is 32.6 Å². The van der Waals surface area contributed by atoms with Crippen LogP contribution in [0.25, 0.3) is 0 Å². The van der Waals surface area contributed by atoms with Crippen LogP contribution in [0.15, 0.2) is 0 Å². The van der Waals surface area contributed by atoms with Gasteiger partial charge in [-0.05, 0) is 19.1 Å². The van der Waals surface area contributed by atoms with E-state index in [0.29, 0.717) is 0 Å². The van der Waals surface area contributed by atoms with Crippen molar-refractivity contribution in [2.75, 3.05) is 12.7 Å². The van der Waals surface area contributed by atoms with E-state index in [9.17, 15) is 0 Å². The van der Waals surface area contributed by atoms with E-state index in [2.05, 4.69) is 12.2 Å². The molecule has 0 rings (SSSR count). The van der Waals surface area contributed by atoms with Gasteiger partial charge in [-0.1, -0.05) is 26.2 Å². The first-order valence-electron chi connectivity index (χ1n) is 4.12. The zero-order valence-corrected chi connectivity index (χ0v) is 8.74. The third kappa shape index (κ3) is 8.18. The van der Waals surface area contributed by atoms with Crippen molar-refractivity contribution in [1.82, 2.24) is 5.32 Å². The van der Waals surface area contributed by atoms with E-state index in [0.717, 1.165) is 0 Å². The summed E-state index contributed by atoms with van der Waals surface area (Å²) in [7, 11) is 1.30. The van der Waals surface area contributed by atoms with Gasteiger partial charge in [-0.15, -0.1) is 0 Å². The first kappa shape index (κ1) is 9.18. The van der Waals surface area contributed by atoms with Gasteiger partial charge >= 0.3 is 0 Å². The van der Waals surface area contributed by atoms with Crippen LogP contribution < -0.4 is 5.32 Å². The third-order valence-corrected chi connectivity index (χ3v) is 1.96. The lowest BCUT2D eigenvalue weighted by Gasteiger charge is -1.98. The Morgan fingerprint density at radius 2 is 2.00 bits per heavy atom. The normalized spacial score (nSPS) is 10.3. The number of hydrogen-bond donors (Lipinski definition) is 1. The number of unbranched alkanes of at least 4 members (excludes halogenated alkanes) is 3. The average Bonchev–Trinajstić information content (AvgIpc) is 1.89. The van der Waals surface area contributed by atoms with E-state index in [1.54, 1.807) is 0 Å². The predicted octanol–water partition coefficient (Wildman–Crippen LogP) is 0.479. The fourth-order valence-corrected chi connectivity index (χ4v) is 1.21. The van der Waals surface area contributed by atoms with E-state index in [1.807, 2.05) is 0 Å². The highest BCUT2D eigenvalue weighted by atomic mass is 28.1. The number of nitrogens with one attached hydrogen (secondary N) is 1. The Balaban J connectivity index is 2.60. The molecule has 0 unspecified atom stereocenters. The van der Waals surface area contributed by atoms with Gasteiger partial charge in [0, 0.05) is 10.2 Å². The van der Waals surface area contributed by atoms with E-state index < -0.39 is 0 Å². The summed E-state index contributed by atoms with van der Waals surface area (Å²) in [5, 5.41) is 3.37. The van der Waals surface area contributed by atoms with Crippen molar-refractivity contribution in [3.63, 3.8) is 0 Å². The van der Waals surface area contributed by atoms with E-state index in [1.165, 1.54) is 48.6 Å². The second-order valence-corrected chi connectivity index (χ2v) is 3.12. The van der Waals surface area contributed by atoms with Gasteiger partial charge in [0.05, 0.1) is 0 Å². The largest absolute Gasteiger partial charge is 0.320 e. The standard InChI is InChI=1S/C7H19NSi/c1-2-3-4-5-6-8-7-9/h8H,2-7H2,1,9H3. The van der Waals surface area contributed by atoms with E-state index in [4.69, 9.17) is 0 Å². The van der Waals surface area contributed by atoms with Crippen LogP contribution in [0.1, 0.15) is 32.6 Å². The molecule has 1 nitrogen and oxygen atoms in total. The lowest BCUT2D eigenvalue weighted by molar-refractivity contribution is 0.628. The van der Waals surface area contributed by atoms with Crippen LogP contribution in [0.2, 0.25) is 0 Å². The van der Waals surface area contributed by atoms with Crippen molar-refractivity contribution in [3.8, 4) is 0 Å². The first-order chi connectivity index (χ1) is 4.41. The van der Waals surface area contributed by atoms with Gasteiger partial charge in [-0.3, -0.25) is 0 Å². The molecule has 2 heteroatoms. The monoisotopic (exact) mass is 145 g/mol. The first-order valence-corrected chi connectivity index (χ1v) is 5.54. The van der Waals surface area contributed by atoms with Crippen LogP contribution in [-0.4, -0.2) is 23.0 Å². The Morgan fingerprint density at radius 3 is 2.56 bits per heavy atom. The maximum atomic E-state index is 3.37. The second kappa shape index (κ2) is 8.18. The Bertz CT molecular complexity index is 42.2. The van der Waals surface area contributed by atoms with Gasteiger partial charge in [0.1, 0.15) is 0 Å². The summed E-state index contributed by atoms with van der Waals surface area (Å²) in [5.74, 6) is 0. The summed E-state index contributed by atoms with van der Waals surface area (Å²) in [6.45, 7) is 3.49. The number of rotatable bonds is 6. The maximum Gasteiger partial charge on any atom is 0.0201 e. The zero-order chi connectivity index (χ0) is 6.95. The van der Waals surface area contributed by atoms with Crippen molar-refractivity contribution < 1.29 is 0 Å². The molecule has 0 atom stereocenters. The Labute approximate surface area is 61.6 Å². The molecule has 0 aromatic carbocycles. The van der Waals surface area contributed by atoms with Gasteiger partial charge in [-0.2, -0.15) is 0 Å². The molecule has 0 aliphatic carbocycles. The van der Waals surface area contributed by atoms with Crippen molar-refractivity contribution in [2.24, 2.45) is 0 Å². The Morgan fingerprint density at radius 1 is 1.22 bits per heavy atom. The fourth-order valence-electron chi connectivity index (χ4n) is 0.854. The van der Waals surface area contributed by atoms with Crippen LogP contribution >= 0.6 is 0 Å². The molecule has 0 spiro atoms. The lowest BCUT2D eigenvalue weighted by atomic mass is 10.2. The topological polar surface area (TPSA) is 12.0 Å². The van der Waals surface area contributed by atoms with Gasteiger partial charge in [0.2, 0.25) is 0 Å². The predicted molar refractivity (Wildman–Crippen MR) is 47.0 cm³/mol. The van der Waals surface area contributed by atoms with Crippen molar-refractivity contribution >= 4 is 10.2 Å². The lowest BCUT2D eigenvalue weighted by Crippen LogP contribution is -2.16. The minimum atomic E-state index is 1.24. The van der Waals surface area contributed by atoms with Gasteiger partial charge in [0.25, 0.3) is 0 Å². The summed E-state index contributed by atoms with van der Waals surface area (Å²) >= 11 is 0. The third-order valence-electron chi connectivity index (χ3n) is 1.46. The molecule has 9 heavy (non-hydrogen) atoms. The molecule has 1 N–H and O–H groups in total. The molecular weight excluding hydrogens is 126 g/mol. The zero-order valence-electron chi connectivity index (χ0n) is 6.74. The highest BCUT2D eigenvalue weighted by Gasteiger charge is 1.84. The van der Waals surface area contributed by atoms with E-state index >= 15 is 0 Å². The molecular formula is C7H19NSi. The molecule has 0 bridgehead atoms. The Kier molecular flexibility index (Phi) is 8.34. The smallest absolute Gasteiger partial charge is 0.0201 e. The molecule has 0 aromatic heterocycles. The van der Waals surface area contributed by atoms with Gasteiger partial charge < -0.3 is 5.32 Å². The summed E-state index contributed by atoms with van der Waals surface area (Å²) in [6, 6.07) is 0. The van der Waals surface area contributed by atoms with Crippen LogP contribution in [0.3, 0.4) is 0 Å².